The van der Waals surface area contributed by atoms with Crippen LogP contribution >= 0.6 is 0 Å². The molecule has 0 bridgehead atoms. The number of hydrogen-bond acceptors (Lipinski definition) is 4. The summed E-state index contributed by atoms with van der Waals surface area (Å²) < 4.78 is 16.5. The average molecular weight is 266 g/mol. The zero-order valence-electron chi connectivity index (χ0n) is 12.3. The normalized spacial score (nSPS) is 10.2. The second-order valence-corrected chi connectivity index (χ2v) is 4.38. The molecule has 0 amide bonds. The summed E-state index contributed by atoms with van der Waals surface area (Å²) in [6, 6.07) is 0. The quantitative estimate of drug-likeness (QED) is 0.561. The molecule has 19 heavy (non-hydrogen) atoms. The highest BCUT2D eigenvalue weighted by atomic mass is 16.5. The van der Waals surface area contributed by atoms with Crippen molar-refractivity contribution in [2.75, 3.05) is 20.8 Å². The van der Waals surface area contributed by atoms with Gasteiger partial charge in [0.05, 0.1) is 26.4 Å². The first-order valence-corrected chi connectivity index (χ1v) is 6.45. The van der Waals surface area contributed by atoms with Crippen molar-refractivity contribution in [3.63, 3.8) is 0 Å². The highest BCUT2D eigenvalue weighted by molar-refractivity contribution is 5.86. The summed E-state index contributed by atoms with van der Waals surface area (Å²) >= 11 is 0. The molecule has 106 valence electrons. The smallest absolute Gasteiger partial charge is 0.172 e. The van der Waals surface area contributed by atoms with E-state index in [1.54, 1.807) is 14.2 Å². The lowest BCUT2D eigenvalue weighted by Crippen LogP contribution is -2.06. The molecule has 1 rings (SSSR count). The number of carbonyl (C=O) groups is 1. The van der Waals surface area contributed by atoms with Crippen molar-refractivity contribution in [3.05, 3.63) is 16.7 Å². The van der Waals surface area contributed by atoms with Gasteiger partial charge in [-0.25, -0.2) is 0 Å². The van der Waals surface area contributed by atoms with E-state index in [0.717, 1.165) is 30.3 Å². The van der Waals surface area contributed by atoms with Crippen molar-refractivity contribution in [2.45, 2.75) is 33.6 Å². The van der Waals surface area contributed by atoms with E-state index in [1.165, 1.54) is 0 Å². The van der Waals surface area contributed by atoms with E-state index in [1.807, 2.05) is 13.8 Å². The topological polar surface area (TPSA) is 44.8 Å². The molecule has 0 aliphatic rings. The fraction of sp³-hybridized carbons (Fsp3) is 0.533. The molecule has 0 radical (unpaired) electrons. The predicted molar refractivity (Wildman–Crippen MR) is 74.8 cm³/mol. The number of methoxy groups -OCH3 is 2. The Labute approximate surface area is 114 Å². The fourth-order valence-electron chi connectivity index (χ4n) is 2.11. The molecule has 0 saturated carbocycles. The lowest BCUT2D eigenvalue weighted by atomic mass is 10.0. The van der Waals surface area contributed by atoms with Crippen molar-refractivity contribution < 1.29 is 19.0 Å². The van der Waals surface area contributed by atoms with Gasteiger partial charge in [-0.1, -0.05) is 13.3 Å². The van der Waals surface area contributed by atoms with Crippen LogP contribution in [-0.4, -0.2) is 27.1 Å². The summed E-state index contributed by atoms with van der Waals surface area (Å²) in [6.07, 6.45) is 2.78. The van der Waals surface area contributed by atoms with E-state index in [0.29, 0.717) is 29.4 Å². The summed E-state index contributed by atoms with van der Waals surface area (Å²) in [7, 11) is 3.13. The van der Waals surface area contributed by atoms with Gasteiger partial charge in [0.1, 0.15) is 5.75 Å². The second-order valence-electron chi connectivity index (χ2n) is 4.38. The van der Waals surface area contributed by atoms with Crippen LogP contribution in [0.4, 0.5) is 0 Å². The second kappa shape index (κ2) is 7.02. The first kappa shape index (κ1) is 15.3. The number of benzene rings is 1. The van der Waals surface area contributed by atoms with Gasteiger partial charge in [-0.2, -0.15) is 0 Å². The lowest BCUT2D eigenvalue weighted by molar-refractivity contribution is 0.111. The number of rotatable bonds is 7. The molecule has 0 saturated heterocycles. The number of carbonyl (C=O) groups excluding carboxylic acids is 1. The van der Waals surface area contributed by atoms with Gasteiger partial charge in [-0.05, 0) is 20.3 Å². The fourth-order valence-corrected chi connectivity index (χ4v) is 2.11. The van der Waals surface area contributed by atoms with Crippen LogP contribution < -0.4 is 14.2 Å². The molecule has 4 nitrogen and oxygen atoms in total. The first-order valence-electron chi connectivity index (χ1n) is 6.45. The lowest BCUT2D eigenvalue weighted by Gasteiger charge is -2.19. The van der Waals surface area contributed by atoms with Crippen molar-refractivity contribution in [2.24, 2.45) is 0 Å². The maximum Gasteiger partial charge on any atom is 0.172 e. The molecule has 4 heteroatoms. The number of aldehydes is 1. The van der Waals surface area contributed by atoms with Crippen LogP contribution in [0.3, 0.4) is 0 Å². The van der Waals surface area contributed by atoms with E-state index in [-0.39, 0.29) is 0 Å². The van der Waals surface area contributed by atoms with Crippen LogP contribution in [0.25, 0.3) is 0 Å². The molecule has 1 aromatic rings. The van der Waals surface area contributed by atoms with Crippen molar-refractivity contribution in [1.29, 1.82) is 0 Å². The minimum atomic E-state index is 0.483. The highest BCUT2D eigenvalue weighted by Crippen LogP contribution is 2.42. The van der Waals surface area contributed by atoms with Crippen LogP contribution in [0.1, 0.15) is 41.3 Å². The average Bonchev–Trinajstić information content (AvgIpc) is 2.41. The molecule has 0 aromatic heterocycles. The number of unbranched alkanes of at least 4 members (excludes halogenated alkanes) is 1. The molecule has 0 aliphatic heterocycles. The number of hydrogen-bond donors (Lipinski definition) is 0. The van der Waals surface area contributed by atoms with Gasteiger partial charge >= 0.3 is 0 Å². The standard InChI is InChI=1S/C15H22O4/c1-6-7-8-19-14-11(3)13(17-4)10(2)12(9-16)15(14)18-5/h9H,6-8H2,1-5H3. The molecule has 0 unspecified atom stereocenters. The molecular weight excluding hydrogens is 244 g/mol. The molecule has 0 atom stereocenters. The Morgan fingerprint density at radius 1 is 1.00 bits per heavy atom. The van der Waals surface area contributed by atoms with Gasteiger partial charge in [0, 0.05) is 11.1 Å². The maximum atomic E-state index is 11.3. The Bertz CT molecular complexity index is 452. The minimum absolute atomic E-state index is 0.483. The third-order valence-corrected chi connectivity index (χ3v) is 3.15. The van der Waals surface area contributed by atoms with Crippen molar-refractivity contribution >= 4 is 6.29 Å². The summed E-state index contributed by atoms with van der Waals surface area (Å²) in [4.78, 5) is 11.3. The van der Waals surface area contributed by atoms with E-state index in [4.69, 9.17) is 14.2 Å². The van der Waals surface area contributed by atoms with Crippen molar-refractivity contribution in [1.82, 2.24) is 0 Å². The molecule has 0 fully saturated rings. The van der Waals surface area contributed by atoms with Gasteiger partial charge in [0.15, 0.2) is 17.8 Å². The Balaban J connectivity index is 3.36. The molecule has 1 aromatic carbocycles. The van der Waals surface area contributed by atoms with Gasteiger partial charge in [0.25, 0.3) is 0 Å². The van der Waals surface area contributed by atoms with E-state index >= 15 is 0 Å². The summed E-state index contributed by atoms with van der Waals surface area (Å²) in [6.45, 7) is 6.44. The monoisotopic (exact) mass is 266 g/mol. The Kier molecular flexibility index (Phi) is 5.67. The molecule has 0 N–H and O–H groups in total. The van der Waals surface area contributed by atoms with E-state index in [2.05, 4.69) is 6.92 Å². The minimum Gasteiger partial charge on any atom is -0.496 e. The summed E-state index contributed by atoms with van der Waals surface area (Å²) in [5.41, 5.74) is 2.12. The van der Waals surface area contributed by atoms with Gasteiger partial charge in [-0.15, -0.1) is 0 Å². The van der Waals surface area contributed by atoms with Gasteiger partial charge in [0.2, 0.25) is 0 Å². The van der Waals surface area contributed by atoms with Gasteiger partial charge < -0.3 is 14.2 Å². The molecule has 0 spiro atoms. The van der Waals surface area contributed by atoms with Gasteiger partial charge in [-0.3, -0.25) is 4.79 Å². The SMILES string of the molecule is CCCCOc1c(C)c(OC)c(C)c(C=O)c1OC. The van der Waals surface area contributed by atoms with E-state index in [9.17, 15) is 4.79 Å². The molecular formula is C15H22O4. The highest BCUT2D eigenvalue weighted by Gasteiger charge is 2.21. The van der Waals surface area contributed by atoms with Crippen LogP contribution in [0, 0.1) is 13.8 Å². The number of ether oxygens (including phenoxy) is 3. The molecule has 0 heterocycles. The van der Waals surface area contributed by atoms with Crippen LogP contribution in [0.2, 0.25) is 0 Å². The third kappa shape index (κ3) is 3.00. The van der Waals surface area contributed by atoms with Crippen LogP contribution in [0.15, 0.2) is 0 Å². The maximum absolute atomic E-state index is 11.3. The summed E-state index contributed by atoms with van der Waals surface area (Å²) in [5, 5.41) is 0. The largest absolute Gasteiger partial charge is 0.496 e. The Morgan fingerprint density at radius 2 is 1.63 bits per heavy atom. The third-order valence-electron chi connectivity index (χ3n) is 3.15. The van der Waals surface area contributed by atoms with Crippen LogP contribution in [0.5, 0.6) is 17.2 Å². The zero-order valence-corrected chi connectivity index (χ0v) is 12.3. The predicted octanol–water partition coefficient (Wildman–Crippen LogP) is 3.31. The Hall–Kier alpha value is -1.71. The van der Waals surface area contributed by atoms with E-state index < -0.39 is 0 Å². The van der Waals surface area contributed by atoms with Crippen molar-refractivity contribution in [3.8, 4) is 17.2 Å². The Morgan fingerprint density at radius 3 is 2.11 bits per heavy atom. The molecule has 0 aliphatic carbocycles. The summed E-state index contributed by atoms with van der Waals surface area (Å²) in [5.74, 6) is 1.76. The van der Waals surface area contributed by atoms with Crippen LogP contribution in [-0.2, 0) is 0 Å². The zero-order chi connectivity index (χ0) is 14.4. The first-order chi connectivity index (χ1) is 9.12.